The second-order valence-electron chi connectivity index (χ2n) is 4.75. The van der Waals surface area contributed by atoms with Gasteiger partial charge in [-0.15, -0.1) is 0 Å². The van der Waals surface area contributed by atoms with Gasteiger partial charge in [-0.1, -0.05) is 24.9 Å². The fourth-order valence-electron chi connectivity index (χ4n) is 2.54. The van der Waals surface area contributed by atoms with Gasteiger partial charge in [0.15, 0.2) is 11.5 Å². The third-order valence-electron chi connectivity index (χ3n) is 3.42. The molecule has 5 nitrogen and oxygen atoms in total. The van der Waals surface area contributed by atoms with E-state index in [9.17, 15) is 9.59 Å². The predicted octanol–water partition coefficient (Wildman–Crippen LogP) is 1.95. The van der Waals surface area contributed by atoms with Crippen LogP contribution in [0.2, 0.25) is 0 Å². The first-order valence-electron chi connectivity index (χ1n) is 6.46. The van der Waals surface area contributed by atoms with Crippen LogP contribution >= 0.6 is 0 Å². The van der Waals surface area contributed by atoms with Gasteiger partial charge in [-0.05, 0) is 19.3 Å². The van der Waals surface area contributed by atoms with Crippen molar-refractivity contribution in [2.24, 2.45) is 5.73 Å². The van der Waals surface area contributed by atoms with E-state index >= 15 is 0 Å². The van der Waals surface area contributed by atoms with E-state index in [-0.39, 0.29) is 17.4 Å². The van der Waals surface area contributed by atoms with Crippen LogP contribution in [0.3, 0.4) is 0 Å². The highest BCUT2D eigenvalue weighted by molar-refractivity contribution is 5.93. The number of primary amides is 1. The molecule has 1 unspecified atom stereocenters. The van der Waals surface area contributed by atoms with Crippen molar-refractivity contribution in [2.45, 2.75) is 51.4 Å². The first-order chi connectivity index (χ1) is 8.65. The summed E-state index contributed by atoms with van der Waals surface area (Å²) in [4.78, 5) is 23.2. The highest BCUT2D eigenvalue weighted by Crippen LogP contribution is 2.33. The molecule has 98 valence electrons. The summed E-state index contributed by atoms with van der Waals surface area (Å²) in [6.07, 6.45) is 4.84. The van der Waals surface area contributed by atoms with Crippen molar-refractivity contribution >= 4 is 11.7 Å². The summed E-state index contributed by atoms with van der Waals surface area (Å²) < 4.78 is 5.25. The first kappa shape index (κ1) is 12.8. The third kappa shape index (κ3) is 2.30. The Hall–Kier alpha value is -1.65. The lowest BCUT2D eigenvalue weighted by Gasteiger charge is -2.18. The molecule has 1 amide bonds. The van der Waals surface area contributed by atoms with Crippen molar-refractivity contribution in [1.29, 1.82) is 0 Å². The number of rotatable bonds is 4. The number of carbonyl (C=O) groups excluding carboxylic acids is 2. The Bertz CT molecular complexity index is 465. The minimum absolute atomic E-state index is 0.185. The van der Waals surface area contributed by atoms with E-state index in [4.69, 9.17) is 10.3 Å². The minimum Gasteiger partial charge on any atom is -0.364 e. The first-order valence-corrected chi connectivity index (χ1v) is 6.46. The monoisotopic (exact) mass is 250 g/mol. The smallest absolute Gasteiger partial charge is 0.271 e. The predicted molar refractivity (Wildman–Crippen MR) is 65.2 cm³/mol. The SMILES string of the molecule is CCCc1c(C(N)=O)noc1C1CCCCC1=O. The summed E-state index contributed by atoms with van der Waals surface area (Å²) in [5, 5.41) is 3.74. The third-order valence-corrected chi connectivity index (χ3v) is 3.42. The van der Waals surface area contributed by atoms with Gasteiger partial charge in [-0.25, -0.2) is 0 Å². The van der Waals surface area contributed by atoms with Crippen molar-refractivity contribution < 1.29 is 14.1 Å². The number of aromatic nitrogens is 1. The van der Waals surface area contributed by atoms with E-state index in [1.54, 1.807) is 0 Å². The summed E-state index contributed by atoms with van der Waals surface area (Å²) in [7, 11) is 0. The molecule has 1 aromatic rings. The number of hydrogen-bond donors (Lipinski definition) is 1. The molecule has 0 aliphatic heterocycles. The molecule has 1 heterocycles. The van der Waals surface area contributed by atoms with Gasteiger partial charge in [0.05, 0.1) is 5.92 Å². The molecule has 1 aliphatic rings. The number of amides is 1. The Balaban J connectivity index is 2.37. The van der Waals surface area contributed by atoms with Crippen LogP contribution in [-0.4, -0.2) is 16.8 Å². The molecule has 0 aromatic carbocycles. The van der Waals surface area contributed by atoms with Gasteiger partial charge in [0.1, 0.15) is 5.78 Å². The van der Waals surface area contributed by atoms with Crippen molar-refractivity contribution in [1.82, 2.24) is 5.16 Å². The molecule has 1 fully saturated rings. The summed E-state index contributed by atoms with van der Waals surface area (Å²) in [6.45, 7) is 2.00. The molecule has 1 aromatic heterocycles. The molecule has 2 rings (SSSR count). The second kappa shape index (κ2) is 5.33. The molecule has 5 heteroatoms. The number of hydrogen-bond acceptors (Lipinski definition) is 4. The maximum absolute atomic E-state index is 11.9. The molecule has 0 radical (unpaired) electrons. The van der Waals surface area contributed by atoms with E-state index in [1.807, 2.05) is 6.92 Å². The van der Waals surface area contributed by atoms with Crippen LogP contribution in [-0.2, 0) is 11.2 Å². The van der Waals surface area contributed by atoms with Crippen LogP contribution in [0.15, 0.2) is 4.52 Å². The van der Waals surface area contributed by atoms with Crippen LogP contribution < -0.4 is 5.73 Å². The molecular formula is C13H18N2O3. The molecule has 18 heavy (non-hydrogen) atoms. The van der Waals surface area contributed by atoms with E-state index in [0.29, 0.717) is 18.6 Å². The Labute approximate surface area is 106 Å². The average Bonchev–Trinajstić information content (AvgIpc) is 2.74. The fourth-order valence-corrected chi connectivity index (χ4v) is 2.54. The number of nitrogens with zero attached hydrogens (tertiary/aromatic N) is 1. The van der Waals surface area contributed by atoms with Crippen molar-refractivity contribution in [3.63, 3.8) is 0 Å². The van der Waals surface area contributed by atoms with Gasteiger partial charge in [-0.3, -0.25) is 9.59 Å². The van der Waals surface area contributed by atoms with Crippen LogP contribution in [0, 0.1) is 0 Å². The van der Waals surface area contributed by atoms with Gasteiger partial charge in [0.2, 0.25) is 0 Å². The molecule has 0 bridgehead atoms. The van der Waals surface area contributed by atoms with Crippen molar-refractivity contribution in [3.8, 4) is 0 Å². The highest BCUT2D eigenvalue weighted by atomic mass is 16.5. The van der Waals surface area contributed by atoms with Gasteiger partial charge in [0.25, 0.3) is 5.91 Å². The summed E-state index contributed by atoms with van der Waals surface area (Å²) >= 11 is 0. The Kier molecular flexibility index (Phi) is 3.79. The van der Waals surface area contributed by atoms with Gasteiger partial charge < -0.3 is 10.3 Å². The zero-order chi connectivity index (χ0) is 13.1. The largest absolute Gasteiger partial charge is 0.364 e. The van der Waals surface area contributed by atoms with Gasteiger partial charge >= 0.3 is 0 Å². The fraction of sp³-hybridized carbons (Fsp3) is 0.615. The Morgan fingerprint density at radius 1 is 1.50 bits per heavy atom. The Morgan fingerprint density at radius 2 is 2.28 bits per heavy atom. The van der Waals surface area contributed by atoms with Crippen LogP contribution in [0.1, 0.15) is 66.8 Å². The Morgan fingerprint density at radius 3 is 2.89 bits per heavy atom. The molecule has 1 atom stereocenters. The van der Waals surface area contributed by atoms with E-state index in [0.717, 1.165) is 31.2 Å². The zero-order valence-corrected chi connectivity index (χ0v) is 10.6. The van der Waals surface area contributed by atoms with Crippen molar-refractivity contribution in [2.75, 3.05) is 0 Å². The van der Waals surface area contributed by atoms with E-state index < -0.39 is 5.91 Å². The molecule has 2 N–H and O–H groups in total. The zero-order valence-electron chi connectivity index (χ0n) is 10.6. The lowest BCUT2D eigenvalue weighted by Crippen LogP contribution is -2.19. The minimum atomic E-state index is -0.586. The van der Waals surface area contributed by atoms with Crippen LogP contribution in [0.5, 0.6) is 0 Å². The number of ketones is 1. The molecule has 0 saturated heterocycles. The maximum Gasteiger partial charge on any atom is 0.271 e. The lowest BCUT2D eigenvalue weighted by molar-refractivity contribution is -0.122. The van der Waals surface area contributed by atoms with Gasteiger partial charge in [0, 0.05) is 12.0 Å². The lowest BCUT2D eigenvalue weighted by atomic mass is 9.84. The van der Waals surface area contributed by atoms with Crippen molar-refractivity contribution in [3.05, 3.63) is 17.0 Å². The molecule has 0 spiro atoms. The number of Topliss-reactive ketones (excluding diaryl/α,β-unsaturated/α-hetero) is 1. The summed E-state index contributed by atoms with van der Waals surface area (Å²) in [5.74, 6) is -0.0706. The van der Waals surface area contributed by atoms with E-state index in [2.05, 4.69) is 5.16 Å². The van der Waals surface area contributed by atoms with Gasteiger partial charge in [-0.2, -0.15) is 0 Å². The maximum atomic E-state index is 11.9. The summed E-state index contributed by atoms with van der Waals surface area (Å²) in [5.41, 5.74) is 6.19. The van der Waals surface area contributed by atoms with E-state index in [1.165, 1.54) is 0 Å². The highest BCUT2D eigenvalue weighted by Gasteiger charge is 2.31. The normalized spacial score (nSPS) is 20.1. The molecule has 1 aliphatic carbocycles. The molecular weight excluding hydrogens is 232 g/mol. The standard InChI is InChI=1S/C13H18N2O3/c1-2-5-9-11(13(14)17)15-18-12(9)8-6-3-4-7-10(8)16/h8H,2-7H2,1H3,(H2,14,17). The van der Waals surface area contributed by atoms with Crippen LogP contribution in [0.4, 0.5) is 0 Å². The quantitative estimate of drug-likeness (QED) is 0.884. The number of nitrogens with two attached hydrogens (primary N) is 1. The number of carbonyl (C=O) groups is 2. The van der Waals surface area contributed by atoms with Crippen LogP contribution in [0.25, 0.3) is 0 Å². The summed E-state index contributed by atoms with van der Waals surface area (Å²) in [6, 6.07) is 0. The topological polar surface area (TPSA) is 86.2 Å². The second-order valence-corrected chi connectivity index (χ2v) is 4.75. The average molecular weight is 250 g/mol. The molecule has 1 saturated carbocycles.